The maximum absolute atomic E-state index is 3.86. The highest BCUT2D eigenvalue weighted by Gasteiger charge is 2.56. The number of hydrogen-bond acceptors (Lipinski definition) is 0. The fourth-order valence-corrected chi connectivity index (χ4v) is 6.74. The molecule has 0 unspecified atom stereocenters. The molecule has 0 aromatic heterocycles. The third kappa shape index (κ3) is 2.02. The molecule has 0 saturated heterocycles. The third-order valence-electron chi connectivity index (χ3n) is 4.97. The highest BCUT2D eigenvalue weighted by Crippen LogP contribution is 2.61. The van der Waals surface area contributed by atoms with Gasteiger partial charge in [-0.2, -0.15) is 0 Å². The molecule has 92 valence electrons. The van der Waals surface area contributed by atoms with E-state index in [9.17, 15) is 0 Å². The van der Waals surface area contributed by atoms with Crippen LogP contribution in [0.2, 0.25) is 0 Å². The molecule has 4 atom stereocenters. The second-order valence-corrected chi connectivity index (χ2v) is 10.4. The van der Waals surface area contributed by atoms with Crippen molar-refractivity contribution in [1.29, 1.82) is 0 Å². The Kier molecular flexibility index (Phi) is 3.87. The van der Waals surface area contributed by atoms with Crippen LogP contribution >= 0.6 is 63.7 Å². The summed E-state index contributed by atoms with van der Waals surface area (Å²) in [6.07, 6.45) is 5.50. The van der Waals surface area contributed by atoms with Crippen LogP contribution in [0.1, 0.15) is 25.7 Å². The molecule has 0 aromatic rings. The molecule has 16 heavy (non-hydrogen) atoms. The van der Waals surface area contributed by atoms with Crippen molar-refractivity contribution in [3.8, 4) is 0 Å². The summed E-state index contributed by atoms with van der Waals surface area (Å²) in [5, 5.41) is 0. The van der Waals surface area contributed by atoms with E-state index < -0.39 is 0 Å². The number of alkyl halides is 4. The van der Waals surface area contributed by atoms with E-state index in [-0.39, 0.29) is 0 Å². The van der Waals surface area contributed by atoms with Crippen LogP contribution in [0.4, 0.5) is 0 Å². The van der Waals surface area contributed by atoms with Gasteiger partial charge in [0.05, 0.1) is 0 Å². The molecule has 0 aromatic carbocycles. The van der Waals surface area contributed by atoms with Gasteiger partial charge in [-0.25, -0.2) is 0 Å². The minimum Gasteiger partial charge on any atom is -0.0878 e. The first-order valence-corrected chi connectivity index (χ1v) is 9.80. The molecule has 0 spiro atoms. The maximum atomic E-state index is 3.86. The highest BCUT2D eigenvalue weighted by molar-refractivity contribution is 9.12. The van der Waals surface area contributed by atoms with E-state index >= 15 is 0 Å². The fourth-order valence-electron chi connectivity index (χ4n) is 4.15. The Labute approximate surface area is 131 Å². The van der Waals surface area contributed by atoms with Crippen molar-refractivity contribution in [3.05, 3.63) is 0 Å². The van der Waals surface area contributed by atoms with Crippen molar-refractivity contribution in [3.63, 3.8) is 0 Å². The van der Waals surface area contributed by atoms with Crippen molar-refractivity contribution in [2.24, 2.45) is 23.7 Å². The van der Waals surface area contributed by atoms with Gasteiger partial charge in [0.25, 0.3) is 0 Å². The Balaban J connectivity index is 1.83. The van der Waals surface area contributed by atoms with Gasteiger partial charge in [-0.3, -0.25) is 0 Å². The molecule has 0 heterocycles. The SMILES string of the molecule is Br[C@@H]1CC2C3C[C@H](Br)[C@@H](Br)CC2C3C[C@H]1Br. The normalized spacial score (nSPS) is 60.8. The Hall–Kier alpha value is 1.92. The zero-order chi connectivity index (χ0) is 11.4. The minimum atomic E-state index is 0.690. The van der Waals surface area contributed by atoms with Gasteiger partial charge >= 0.3 is 0 Å². The third-order valence-corrected chi connectivity index (χ3v) is 10.4. The molecule has 4 fully saturated rings. The molecule has 4 saturated carbocycles. The Bertz CT molecular complexity index is 218. The van der Waals surface area contributed by atoms with Gasteiger partial charge in [0, 0.05) is 19.3 Å². The highest BCUT2D eigenvalue weighted by atomic mass is 79.9. The molecule has 4 aliphatic rings. The number of rotatable bonds is 0. The maximum Gasteiger partial charge on any atom is 0.0274 e. The number of hydrogen-bond donors (Lipinski definition) is 0. The van der Waals surface area contributed by atoms with Crippen LogP contribution in [-0.2, 0) is 0 Å². The van der Waals surface area contributed by atoms with Gasteiger partial charge in [0.15, 0.2) is 0 Å². The fraction of sp³-hybridized carbons (Fsp3) is 1.00. The molecule has 0 nitrogen and oxygen atoms in total. The molecule has 0 radical (unpaired) electrons. The van der Waals surface area contributed by atoms with Gasteiger partial charge in [0.1, 0.15) is 0 Å². The molecular formula is C12H16Br4. The van der Waals surface area contributed by atoms with Crippen molar-refractivity contribution < 1.29 is 0 Å². The summed E-state index contributed by atoms with van der Waals surface area (Å²) in [7, 11) is 0. The van der Waals surface area contributed by atoms with Gasteiger partial charge in [0.2, 0.25) is 0 Å². The average molecular weight is 480 g/mol. The first kappa shape index (κ1) is 12.9. The molecule has 4 aliphatic carbocycles. The van der Waals surface area contributed by atoms with E-state index in [1.54, 1.807) is 0 Å². The van der Waals surface area contributed by atoms with Crippen LogP contribution in [-0.4, -0.2) is 19.3 Å². The van der Waals surface area contributed by atoms with Crippen molar-refractivity contribution in [2.75, 3.05) is 0 Å². The zero-order valence-corrected chi connectivity index (χ0v) is 15.3. The summed E-state index contributed by atoms with van der Waals surface area (Å²) >= 11 is 15.5. The lowest BCUT2D eigenvalue weighted by Crippen LogP contribution is -2.44. The van der Waals surface area contributed by atoms with Crippen LogP contribution in [0.5, 0.6) is 0 Å². The standard InChI is InChI=1S/C12H16Br4/c13-9-1-5-6-2-11(15)12(16)3-7(5)8(6)4-10(9)14/h5-12H,1-4H2/t5?,6?,7?,8?,9-,10-,11+,12+. The summed E-state index contributed by atoms with van der Waals surface area (Å²) < 4.78 is 0. The molecule has 0 N–H and O–H groups in total. The van der Waals surface area contributed by atoms with E-state index in [1.165, 1.54) is 25.7 Å². The molecule has 4 heteroatoms. The Morgan fingerprint density at radius 1 is 0.438 bits per heavy atom. The lowest BCUT2D eigenvalue weighted by molar-refractivity contribution is -0.0118. The summed E-state index contributed by atoms with van der Waals surface area (Å²) in [6.45, 7) is 0. The van der Waals surface area contributed by atoms with E-state index in [4.69, 9.17) is 0 Å². The summed E-state index contributed by atoms with van der Waals surface area (Å²) in [5.74, 6) is 3.94. The first-order chi connectivity index (χ1) is 7.58. The predicted octanol–water partition coefficient (Wildman–Crippen LogP) is 5.11. The minimum absolute atomic E-state index is 0.690. The van der Waals surface area contributed by atoms with Gasteiger partial charge in [-0.05, 0) is 49.4 Å². The first-order valence-electron chi connectivity index (χ1n) is 6.14. The summed E-state index contributed by atoms with van der Waals surface area (Å²) in [6, 6.07) is 0. The smallest absolute Gasteiger partial charge is 0.0274 e. The lowest BCUT2D eigenvalue weighted by Gasteiger charge is -2.50. The molecular weight excluding hydrogens is 464 g/mol. The lowest BCUT2D eigenvalue weighted by atomic mass is 9.55. The van der Waals surface area contributed by atoms with E-state index in [1.807, 2.05) is 0 Å². The van der Waals surface area contributed by atoms with Gasteiger partial charge in [-0.1, -0.05) is 63.7 Å². The largest absolute Gasteiger partial charge is 0.0878 e. The summed E-state index contributed by atoms with van der Waals surface area (Å²) in [5.41, 5.74) is 0. The van der Waals surface area contributed by atoms with E-state index in [0.717, 1.165) is 23.7 Å². The van der Waals surface area contributed by atoms with Crippen molar-refractivity contribution >= 4 is 63.7 Å². The van der Waals surface area contributed by atoms with E-state index in [0.29, 0.717) is 19.3 Å². The van der Waals surface area contributed by atoms with Crippen molar-refractivity contribution in [2.45, 2.75) is 45.0 Å². The Morgan fingerprint density at radius 2 is 0.625 bits per heavy atom. The van der Waals surface area contributed by atoms with Crippen LogP contribution in [0.3, 0.4) is 0 Å². The zero-order valence-electron chi connectivity index (χ0n) is 8.96. The van der Waals surface area contributed by atoms with Crippen LogP contribution in [0, 0.1) is 23.7 Å². The monoisotopic (exact) mass is 476 g/mol. The predicted molar refractivity (Wildman–Crippen MR) is 83.3 cm³/mol. The van der Waals surface area contributed by atoms with Crippen molar-refractivity contribution in [1.82, 2.24) is 0 Å². The molecule has 4 rings (SSSR count). The van der Waals surface area contributed by atoms with Gasteiger partial charge < -0.3 is 0 Å². The number of halogens is 4. The average Bonchev–Trinajstić information content (AvgIpc) is 2.55. The number of fused-ring (bicyclic) bond motifs is 3. The van der Waals surface area contributed by atoms with Crippen LogP contribution < -0.4 is 0 Å². The quantitative estimate of drug-likeness (QED) is 0.424. The second kappa shape index (κ2) is 4.79. The summed E-state index contributed by atoms with van der Waals surface area (Å²) in [4.78, 5) is 2.76. The van der Waals surface area contributed by atoms with Crippen LogP contribution in [0.25, 0.3) is 0 Å². The van der Waals surface area contributed by atoms with Crippen LogP contribution in [0.15, 0.2) is 0 Å². The van der Waals surface area contributed by atoms with Gasteiger partial charge in [-0.15, -0.1) is 0 Å². The molecule has 0 amide bonds. The Morgan fingerprint density at radius 3 is 0.812 bits per heavy atom. The second-order valence-electron chi connectivity index (χ2n) is 5.66. The molecule has 4 bridgehead atoms. The van der Waals surface area contributed by atoms with E-state index in [2.05, 4.69) is 63.7 Å². The molecule has 0 aliphatic heterocycles. The topological polar surface area (TPSA) is 0 Å².